The number of hydrogen-bond donors (Lipinski definition) is 2. The Hall–Kier alpha value is -2.25. The molecule has 2 aliphatic heterocycles. The lowest BCUT2D eigenvalue weighted by Gasteiger charge is -2.36. The Labute approximate surface area is 168 Å². The number of nitrogens with zero attached hydrogens (tertiary/aromatic N) is 3. The number of benzene rings is 1. The Morgan fingerprint density at radius 1 is 1.32 bits per heavy atom. The second kappa shape index (κ2) is 6.97. The first kappa shape index (κ1) is 17.8. The van der Waals surface area contributed by atoms with Crippen molar-refractivity contribution >= 4 is 28.1 Å². The number of carbonyl (C=O) groups is 1. The number of amides is 1. The third-order valence-corrected chi connectivity index (χ3v) is 7.40. The summed E-state index contributed by atoms with van der Waals surface area (Å²) in [5.74, 6) is 0.484. The van der Waals surface area contributed by atoms with Gasteiger partial charge in [-0.1, -0.05) is 6.07 Å². The molecule has 1 aromatic carbocycles. The van der Waals surface area contributed by atoms with Crippen LogP contribution in [0.3, 0.4) is 0 Å². The molecule has 4 heterocycles. The molecule has 0 aliphatic carbocycles. The first-order valence-corrected chi connectivity index (χ1v) is 10.9. The van der Waals surface area contributed by atoms with Crippen molar-refractivity contribution in [2.75, 3.05) is 13.6 Å². The first-order chi connectivity index (χ1) is 13.6. The summed E-state index contributed by atoms with van der Waals surface area (Å²) in [5.41, 5.74) is 3.41. The number of thiazole rings is 1. The van der Waals surface area contributed by atoms with Gasteiger partial charge in [-0.25, -0.2) is 4.98 Å². The molecule has 0 radical (unpaired) electrons. The molecule has 7 heteroatoms. The molecular formula is C21H25N5OS. The Bertz CT molecular complexity index is 1010. The van der Waals surface area contributed by atoms with E-state index < -0.39 is 0 Å². The number of hydrogen-bond acceptors (Lipinski definition) is 5. The minimum atomic E-state index is -0.0876. The van der Waals surface area contributed by atoms with Gasteiger partial charge in [0, 0.05) is 40.7 Å². The second-order valence-corrected chi connectivity index (χ2v) is 9.08. The van der Waals surface area contributed by atoms with E-state index in [9.17, 15) is 4.79 Å². The highest BCUT2D eigenvalue weighted by Gasteiger charge is 2.38. The standard InChI is InChI=1S/C21H25N5OS/c1-12-11-28-21(23-12)14-3-6-17-18(9-14)24-25-19(17)20(27)22-10-13-7-15-4-5-16(8-13)26(15)2/h3,6,9,11,13,15-16H,4-5,7-8,10H2,1-2H3,(H,22,27)(H,24,25). The van der Waals surface area contributed by atoms with Crippen LogP contribution in [0.25, 0.3) is 21.5 Å². The van der Waals surface area contributed by atoms with E-state index in [0.717, 1.165) is 33.7 Å². The quantitative estimate of drug-likeness (QED) is 0.708. The summed E-state index contributed by atoms with van der Waals surface area (Å²) in [5, 5.41) is 14.3. The zero-order chi connectivity index (χ0) is 19.3. The Morgan fingerprint density at radius 2 is 2.11 bits per heavy atom. The first-order valence-electron chi connectivity index (χ1n) is 9.99. The number of aryl methyl sites for hydroxylation is 1. The van der Waals surface area contributed by atoms with Gasteiger partial charge in [-0.2, -0.15) is 5.10 Å². The summed E-state index contributed by atoms with van der Waals surface area (Å²) in [6.07, 6.45) is 4.98. The highest BCUT2D eigenvalue weighted by Crippen LogP contribution is 2.37. The van der Waals surface area contributed by atoms with Gasteiger partial charge < -0.3 is 10.2 Å². The molecular weight excluding hydrogens is 370 g/mol. The van der Waals surface area contributed by atoms with E-state index in [1.54, 1.807) is 11.3 Å². The maximum absolute atomic E-state index is 12.7. The number of aromatic nitrogens is 3. The summed E-state index contributed by atoms with van der Waals surface area (Å²) in [4.78, 5) is 19.8. The maximum atomic E-state index is 12.7. The number of fused-ring (bicyclic) bond motifs is 3. The molecule has 2 fully saturated rings. The van der Waals surface area contributed by atoms with Crippen LogP contribution in [0.15, 0.2) is 23.6 Å². The lowest BCUT2D eigenvalue weighted by Crippen LogP contribution is -2.43. The fourth-order valence-corrected chi connectivity index (χ4v) is 5.62. The second-order valence-electron chi connectivity index (χ2n) is 8.22. The SMILES string of the molecule is Cc1csc(-c2ccc3c(C(=O)NCC4CC5CCC(C4)N5C)n[nH]c3c2)n1. The molecule has 2 atom stereocenters. The molecule has 1 amide bonds. The van der Waals surface area contributed by atoms with Crippen LogP contribution in [-0.4, -0.2) is 51.7 Å². The lowest BCUT2D eigenvalue weighted by atomic mass is 9.91. The average Bonchev–Trinajstić information content (AvgIpc) is 3.35. The zero-order valence-electron chi connectivity index (χ0n) is 16.2. The lowest BCUT2D eigenvalue weighted by molar-refractivity contribution is 0.0914. The number of carbonyl (C=O) groups excluding carboxylic acids is 1. The molecule has 28 heavy (non-hydrogen) atoms. The van der Waals surface area contributed by atoms with Gasteiger partial charge in [0.15, 0.2) is 5.69 Å². The Balaban J connectivity index is 1.29. The van der Waals surface area contributed by atoms with Crippen molar-refractivity contribution in [3.8, 4) is 10.6 Å². The molecule has 6 nitrogen and oxygen atoms in total. The highest BCUT2D eigenvalue weighted by atomic mass is 32.1. The number of piperidine rings is 1. The third kappa shape index (κ3) is 3.12. The average molecular weight is 396 g/mol. The number of nitrogens with one attached hydrogen (secondary N) is 2. The summed E-state index contributed by atoms with van der Waals surface area (Å²) in [6, 6.07) is 7.39. The summed E-state index contributed by atoms with van der Waals surface area (Å²) < 4.78 is 0. The van der Waals surface area contributed by atoms with Gasteiger partial charge in [0.1, 0.15) is 5.01 Å². The smallest absolute Gasteiger partial charge is 0.272 e. The van der Waals surface area contributed by atoms with E-state index in [4.69, 9.17) is 0 Å². The predicted octanol–water partition coefficient (Wildman–Crippen LogP) is 3.60. The Morgan fingerprint density at radius 3 is 2.82 bits per heavy atom. The van der Waals surface area contributed by atoms with Crippen molar-refractivity contribution in [3.05, 3.63) is 35.0 Å². The van der Waals surface area contributed by atoms with Crippen LogP contribution in [0.5, 0.6) is 0 Å². The van der Waals surface area contributed by atoms with Gasteiger partial charge in [-0.15, -0.1) is 11.3 Å². The van der Waals surface area contributed by atoms with Crippen molar-refractivity contribution in [2.24, 2.45) is 5.92 Å². The number of H-pyrrole nitrogens is 1. The largest absolute Gasteiger partial charge is 0.350 e. The maximum Gasteiger partial charge on any atom is 0.272 e. The van der Waals surface area contributed by atoms with Crippen LogP contribution in [-0.2, 0) is 0 Å². The Kier molecular flexibility index (Phi) is 4.44. The van der Waals surface area contributed by atoms with Crippen LogP contribution < -0.4 is 5.32 Å². The van der Waals surface area contributed by atoms with Crippen LogP contribution in [0.4, 0.5) is 0 Å². The van der Waals surface area contributed by atoms with Gasteiger partial charge >= 0.3 is 0 Å². The van der Waals surface area contributed by atoms with E-state index in [1.807, 2.05) is 30.5 Å². The summed E-state index contributed by atoms with van der Waals surface area (Å²) in [7, 11) is 2.24. The van der Waals surface area contributed by atoms with Gasteiger partial charge in [-0.3, -0.25) is 9.89 Å². The molecule has 2 saturated heterocycles. The normalized spacial score (nSPS) is 24.7. The van der Waals surface area contributed by atoms with E-state index in [1.165, 1.54) is 25.7 Å². The van der Waals surface area contributed by atoms with E-state index in [2.05, 4.69) is 32.4 Å². The van der Waals surface area contributed by atoms with Gasteiger partial charge in [0.25, 0.3) is 5.91 Å². The predicted molar refractivity (Wildman–Crippen MR) is 112 cm³/mol. The third-order valence-electron chi connectivity index (χ3n) is 6.39. The van der Waals surface area contributed by atoms with Crippen LogP contribution in [0.2, 0.25) is 0 Å². The van der Waals surface area contributed by atoms with Gasteiger partial charge in [0.2, 0.25) is 0 Å². The van der Waals surface area contributed by atoms with E-state index in [-0.39, 0.29) is 5.91 Å². The molecule has 146 valence electrons. The molecule has 5 rings (SSSR count). The molecule has 2 bridgehead atoms. The molecule has 0 spiro atoms. The number of rotatable bonds is 4. The molecule has 2 unspecified atom stereocenters. The van der Waals surface area contributed by atoms with Crippen molar-refractivity contribution in [3.63, 3.8) is 0 Å². The minimum absolute atomic E-state index is 0.0876. The highest BCUT2D eigenvalue weighted by molar-refractivity contribution is 7.13. The van der Waals surface area contributed by atoms with Crippen LogP contribution in [0, 0.1) is 12.8 Å². The fraction of sp³-hybridized carbons (Fsp3) is 0.476. The monoisotopic (exact) mass is 395 g/mol. The van der Waals surface area contributed by atoms with Crippen molar-refractivity contribution in [1.82, 2.24) is 25.4 Å². The van der Waals surface area contributed by atoms with Crippen LogP contribution in [0.1, 0.15) is 41.9 Å². The van der Waals surface area contributed by atoms with Gasteiger partial charge in [-0.05, 0) is 57.7 Å². The molecule has 2 N–H and O–H groups in total. The minimum Gasteiger partial charge on any atom is -0.350 e. The topological polar surface area (TPSA) is 73.9 Å². The fourth-order valence-electron chi connectivity index (χ4n) is 4.82. The molecule has 2 aromatic heterocycles. The van der Waals surface area contributed by atoms with Crippen LogP contribution >= 0.6 is 11.3 Å². The summed E-state index contributed by atoms with van der Waals surface area (Å²) in [6.45, 7) is 2.73. The summed E-state index contributed by atoms with van der Waals surface area (Å²) >= 11 is 1.63. The van der Waals surface area contributed by atoms with Crippen molar-refractivity contribution < 1.29 is 4.79 Å². The molecule has 2 aliphatic rings. The van der Waals surface area contributed by atoms with Gasteiger partial charge in [0.05, 0.1) is 5.52 Å². The zero-order valence-corrected chi connectivity index (χ0v) is 17.1. The number of aromatic amines is 1. The molecule has 0 saturated carbocycles. The van der Waals surface area contributed by atoms with Crippen molar-refractivity contribution in [2.45, 2.75) is 44.7 Å². The molecule has 3 aromatic rings. The van der Waals surface area contributed by atoms with Crippen molar-refractivity contribution in [1.29, 1.82) is 0 Å². The van der Waals surface area contributed by atoms with E-state index >= 15 is 0 Å². The van der Waals surface area contributed by atoms with E-state index in [0.29, 0.717) is 23.7 Å².